The molecule has 0 spiro atoms. The summed E-state index contributed by atoms with van der Waals surface area (Å²) in [5.74, 6) is 0. The molecule has 0 heterocycles. The molecule has 1 aromatic carbocycles. The van der Waals surface area contributed by atoms with E-state index in [1.54, 1.807) is 0 Å². The summed E-state index contributed by atoms with van der Waals surface area (Å²) in [5.41, 5.74) is 7.71. The summed E-state index contributed by atoms with van der Waals surface area (Å²) < 4.78 is 0.964. The van der Waals surface area contributed by atoms with Crippen LogP contribution in [0, 0.1) is 0 Å². The highest BCUT2D eigenvalue weighted by Gasteiger charge is 2.26. The minimum Gasteiger partial charge on any atom is -0.395 e. The van der Waals surface area contributed by atoms with Gasteiger partial charge in [0.15, 0.2) is 0 Å². The molecule has 0 aliphatic heterocycles. The van der Waals surface area contributed by atoms with Gasteiger partial charge in [-0.1, -0.05) is 28.1 Å². The summed E-state index contributed by atoms with van der Waals surface area (Å²) in [5, 5.41) is 9.24. The topological polar surface area (TPSA) is 49.5 Å². The monoisotopic (exact) mass is 328 g/mol. The Kier molecular flexibility index (Phi) is 4.59. The standard InChI is InChI=1S/C13H17BrN2OS/c14-9-4-5-12(11(8-9)13(15)18)16(6-7-17)10-2-1-3-10/h4-5,8,10,17H,1-3,6-7H2,(H2,15,18). The van der Waals surface area contributed by atoms with Gasteiger partial charge in [-0.15, -0.1) is 0 Å². The predicted molar refractivity (Wildman–Crippen MR) is 82.1 cm³/mol. The number of rotatable bonds is 5. The van der Waals surface area contributed by atoms with Crippen LogP contribution in [0.25, 0.3) is 0 Å². The molecule has 3 N–H and O–H groups in total. The minimum absolute atomic E-state index is 0.142. The van der Waals surface area contributed by atoms with E-state index < -0.39 is 0 Å². The van der Waals surface area contributed by atoms with E-state index in [-0.39, 0.29) is 6.61 Å². The summed E-state index contributed by atoms with van der Waals surface area (Å²) >= 11 is 8.56. The highest BCUT2D eigenvalue weighted by molar-refractivity contribution is 9.10. The average molecular weight is 329 g/mol. The van der Waals surface area contributed by atoms with E-state index >= 15 is 0 Å². The van der Waals surface area contributed by atoms with E-state index in [2.05, 4.69) is 20.8 Å². The largest absolute Gasteiger partial charge is 0.395 e. The zero-order valence-corrected chi connectivity index (χ0v) is 12.5. The first-order chi connectivity index (χ1) is 8.63. The fourth-order valence-corrected chi connectivity index (χ4v) is 2.79. The summed E-state index contributed by atoms with van der Waals surface area (Å²) in [6.45, 7) is 0.769. The number of hydrogen-bond acceptors (Lipinski definition) is 3. The summed E-state index contributed by atoms with van der Waals surface area (Å²) in [6, 6.07) is 6.46. The second kappa shape index (κ2) is 5.99. The molecule has 5 heteroatoms. The van der Waals surface area contributed by atoms with E-state index in [0.717, 1.165) is 15.7 Å². The van der Waals surface area contributed by atoms with Crippen LogP contribution in [0.5, 0.6) is 0 Å². The van der Waals surface area contributed by atoms with Gasteiger partial charge in [0.05, 0.1) is 6.61 Å². The van der Waals surface area contributed by atoms with Gasteiger partial charge in [-0.05, 0) is 37.5 Å². The Morgan fingerprint density at radius 1 is 1.50 bits per heavy atom. The maximum absolute atomic E-state index is 9.24. The van der Waals surface area contributed by atoms with E-state index in [9.17, 15) is 5.11 Å². The van der Waals surface area contributed by atoms with Gasteiger partial charge in [0.25, 0.3) is 0 Å². The molecule has 0 radical (unpaired) electrons. The summed E-state index contributed by atoms with van der Waals surface area (Å²) in [6.07, 6.45) is 3.60. The number of aliphatic hydroxyl groups is 1. The first kappa shape index (κ1) is 13.8. The zero-order chi connectivity index (χ0) is 13.1. The van der Waals surface area contributed by atoms with E-state index in [4.69, 9.17) is 18.0 Å². The van der Waals surface area contributed by atoms with E-state index in [1.165, 1.54) is 19.3 Å². The lowest BCUT2D eigenvalue weighted by Crippen LogP contribution is -2.42. The van der Waals surface area contributed by atoms with Crippen molar-refractivity contribution >= 4 is 38.8 Å². The fourth-order valence-electron chi connectivity index (χ4n) is 2.26. The molecule has 2 rings (SSSR count). The summed E-state index contributed by atoms with van der Waals surface area (Å²) in [4.78, 5) is 2.62. The van der Waals surface area contributed by atoms with Crippen LogP contribution >= 0.6 is 28.1 Å². The lowest BCUT2D eigenvalue weighted by Gasteiger charge is -2.40. The van der Waals surface area contributed by atoms with Gasteiger partial charge in [-0.2, -0.15) is 0 Å². The van der Waals surface area contributed by atoms with Crippen molar-refractivity contribution in [1.82, 2.24) is 0 Å². The Balaban J connectivity index is 2.36. The van der Waals surface area contributed by atoms with E-state index in [1.807, 2.05) is 18.2 Å². The van der Waals surface area contributed by atoms with Crippen LogP contribution in [-0.2, 0) is 0 Å². The average Bonchev–Trinajstić information content (AvgIpc) is 2.26. The normalized spacial score (nSPS) is 15.2. The van der Waals surface area contributed by atoms with Crippen LogP contribution in [0.3, 0.4) is 0 Å². The quantitative estimate of drug-likeness (QED) is 0.815. The third-order valence-electron chi connectivity index (χ3n) is 3.39. The molecule has 0 unspecified atom stereocenters. The Bertz CT molecular complexity index is 449. The number of thiocarbonyl (C=S) groups is 1. The van der Waals surface area contributed by atoms with Gasteiger partial charge in [-0.3, -0.25) is 0 Å². The van der Waals surface area contributed by atoms with Crippen molar-refractivity contribution in [2.45, 2.75) is 25.3 Å². The zero-order valence-electron chi connectivity index (χ0n) is 10.1. The molecule has 0 atom stereocenters. The van der Waals surface area contributed by atoms with Gasteiger partial charge >= 0.3 is 0 Å². The Morgan fingerprint density at radius 2 is 2.22 bits per heavy atom. The Hall–Kier alpha value is -0.650. The van der Waals surface area contributed by atoms with Crippen LogP contribution in [-0.4, -0.2) is 29.3 Å². The van der Waals surface area contributed by atoms with Crippen molar-refractivity contribution in [2.24, 2.45) is 5.73 Å². The lowest BCUT2D eigenvalue weighted by atomic mass is 9.90. The number of benzene rings is 1. The number of halogens is 1. The van der Waals surface area contributed by atoms with Gasteiger partial charge in [-0.25, -0.2) is 0 Å². The molecule has 0 bridgehead atoms. The molecule has 98 valence electrons. The van der Waals surface area contributed by atoms with Crippen LogP contribution in [0.1, 0.15) is 24.8 Å². The first-order valence-corrected chi connectivity index (χ1v) is 7.30. The minimum atomic E-state index is 0.142. The van der Waals surface area contributed by atoms with Crippen molar-refractivity contribution in [3.05, 3.63) is 28.2 Å². The molecule has 1 saturated carbocycles. The SMILES string of the molecule is NC(=S)c1cc(Br)ccc1N(CCO)C1CCC1. The van der Waals surface area contributed by atoms with Crippen molar-refractivity contribution in [3.8, 4) is 0 Å². The van der Waals surface area contributed by atoms with Crippen molar-refractivity contribution in [1.29, 1.82) is 0 Å². The number of nitrogens with two attached hydrogens (primary N) is 1. The highest BCUT2D eigenvalue weighted by Crippen LogP contribution is 2.32. The third kappa shape index (κ3) is 2.84. The molecule has 1 aliphatic rings. The lowest BCUT2D eigenvalue weighted by molar-refractivity contribution is 0.283. The molecule has 3 nitrogen and oxygen atoms in total. The molecule has 0 amide bonds. The molecular formula is C13H17BrN2OS. The fraction of sp³-hybridized carbons (Fsp3) is 0.462. The molecule has 1 fully saturated rings. The van der Waals surface area contributed by atoms with Crippen LogP contribution in [0.2, 0.25) is 0 Å². The van der Waals surface area contributed by atoms with Crippen LogP contribution < -0.4 is 10.6 Å². The van der Waals surface area contributed by atoms with Crippen molar-refractivity contribution in [3.63, 3.8) is 0 Å². The van der Waals surface area contributed by atoms with Gasteiger partial charge < -0.3 is 15.7 Å². The highest BCUT2D eigenvalue weighted by atomic mass is 79.9. The number of aliphatic hydroxyl groups excluding tert-OH is 1. The Labute approximate surface area is 121 Å². The van der Waals surface area contributed by atoms with Crippen molar-refractivity contribution < 1.29 is 5.11 Å². The third-order valence-corrected chi connectivity index (χ3v) is 4.10. The van der Waals surface area contributed by atoms with Crippen LogP contribution in [0.15, 0.2) is 22.7 Å². The first-order valence-electron chi connectivity index (χ1n) is 6.10. The van der Waals surface area contributed by atoms with Gasteiger partial charge in [0.1, 0.15) is 4.99 Å². The second-order valence-electron chi connectivity index (χ2n) is 4.53. The maximum atomic E-state index is 9.24. The van der Waals surface area contributed by atoms with Gasteiger partial charge in [0.2, 0.25) is 0 Å². The second-order valence-corrected chi connectivity index (χ2v) is 5.88. The predicted octanol–water partition coefficient (Wildman–Crippen LogP) is 2.43. The number of anilines is 1. The molecule has 18 heavy (non-hydrogen) atoms. The van der Waals surface area contributed by atoms with E-state index in [0.29, 0.717) is 17.6 Å². The smallest absolute Gasteiger partial charge is 0.106 e. The number of nitrogens with zero attached hydrogens (tertiary/aromatic N) is 1. The molecular weight excluding hydrogens is 312 g/mol. The van der Waals surface area contributed by atoms with Crippen molar-refractivity contribution in [2.75, 3.05) is 18.1 Å². The Morgan fingerprint density at radius 3 is 2.72 bits per heavy atom. The maximum Gasteiger partial charge on any atom is 0.106 e. The molecule has 0 saturated heterocycles. The molecule has 0 aromatic heterocycles. The molecule has 1 aromatic rings. The summed E-state index contributed by atoms with van der Waals surface area (Å²) in [7, 11) is 0. The van der Waals surface area contributed by atoms with Crippen LogP contribution in [0.4, 0.5) is 5.69 Å². The van der Waals surface area contributed by atoms with Gasteiger partial charge in [0, 0.05) is 28.3 Å². The number of hydrogen-bond donors (Lipinski definition) is 2. The molecule has 1 aliphatic carbocycles.